The molecule has 1 nitrogen and oxygen atoms in total. The maximum absolute atomic E-state index is 9.67. The van der Waals surface area contributed by atoms with Crippen molar-refractivity contribution in [3.63, 3.8) is 0 Å². The van der Waals surface area contributed by atoms with E-state index in [9.17, 15) is 5.11 Å². The van der Waals surface area contributed by atoms with E-state index in [1.807, 2.05) is 0 Å². The van der Waals surface area contributed by atoms with Gasteiger partial charge in [-0.2, -0.15) is 0 Å². The van der Waals surface area contributed by atoms with Crippen LogP contribution in [0.4, 0.5) is 0 Å². The number of aliphatic hydroxyl groups is 1. The number of rotatable bonds is 0. The summed E-state index contributed by atoms with van der Waals surface area (Å²) in [6.07, 6.45) is 6.90. The Morgan fingerprint density at radius 3 is 2.64 bits per heavy atom. The summed E-state index contributed by atoms with van der Waals surface area (Å²) < 4.78 is 0. The van der Waals surface area contributed by atoms with Crippen molar-refractivity contribution >= 4 is 0 Å². The Labute approximate surface area is 67.8 Å². The monoisotopic (exact) mass is 152 g/mol. The van der Waals surface area contributed by atoms with Crippen LogP contribution < -0.4 is 0 Å². The second-order valence-corrected chi connectivity index (χ2v) is 4.72. The molecule has 11 heavy (non-hydrogen) atoms. The first kappa shape index (κ1) is 6.47. The van der Waals surface area contributed by atoms with Crippen LogP contribution in [0, 0.1) is 23.7 Å². The van der Waals surface area contributed by atoms with Crippen molar-refractivity contribution < 1.29 is 5.11 Å². The van der Waals surface area contributed by atoms with Crippen LogP contribution >= 0.6 is 0 Å². The molecule has 3 fully saturated rings. The normalized spacial score (nSPS) is 60.3. The van der Waals surface area contributed by atoms with Crippen LogP contribution in [-0.4, -0.2) is 11.2 Å². The smallest absolute Gasteiger partial charge is 0.0574 e. The van der Waals surface area contributed by atoms with Gasteiger partial charge >= 0.3 is 0 Å². The molecular formula is C10H16O. The molecule has 0 amide bonds. The lowest BCUT2D eigenvalue weighted by Gasteiger charge is -2.28. The Hall–Kier alpha value is -0.0400. The van der Waals surface area contributed by atoms with Gasteiger partial charge in [-0.15, -0.1) is 0 Å². The van der Waals surface area contributed by atoms with E-state index in [4.69, 9.17) is 0 Å². The summed E-state index contributed by atoms with van der Waals surface area (Å²) in [5.74, 6) is 3.60. The largest absolute Gasteiger partial charge is 0.393 e. The van der Waals surface area contributed by atoms with Gasteiger partial charge in [-0.25, -0.2) is 0 Å². The summed E-state index contributed by atoms with van der Waals surface area (Å²) in [5, 5.41) is 9.67. The molecule has 0 heterocycles. The average molecular weight is 152 g/mol. The summed E-state index contributed by atoms with van der Waals surface area (Å²) in [4.78, 5) is 0. The van der Waals surface area contributed by atoms with Crippen molar-refractivity contribution in [3.8, 4) is 0 Å². The lowest BCUT2D eigenvalue weighted by molar-refractivity contribution is 0.0642. The van der Waals surface area contributed by atoms with Gasteiger partial charge in [0.2, 0.25) is 0 Å². The highest BCUT2D eigenvalue weighted by Crippen LogP contribution is 2.58. The minimum absolute atomic E-state index is 0.0827. The van der Waals surface area contributed by atoms with E-state index >= 15 is 0 Å². The van der Waals surface area contributed by atoms with Crippen LogP contribution in [0.15, 0.2) is 0 Å². The van der Waals surface area contributed by atoms with E-state index in [-0.39, 0.29) is 6.10 Å². The standard InChI is InChI=1S/C10H16O/c11-10-5-6-4-9(10)8-3-1-2-7(6)8/h6-11H,1-5H2/t6?,7-,8-,9?,10+/m1/s1. The number of aliphatic hydroxyl groups excluding tert-OH is 1. The number of fused-ring (bicyclic) bond motifs is 5. The Bertz CT molecular complexity index is 178. The molecule has 3 aliphatic rings. The van der Waals surface area contributed by atoms with Crippen LogP contribution in [0.3, 0.4) is 0 Å². The summed E-state index contributed by atoms with van der Waals surface area (Å²) in [5.41, 5.74) is 0. The predicted molar refractivity (Wildman–Crippen MR) is 43.1 cm³/mol. The van der Waals surface area contributed by atoms with E-state index in [0.717, 1.165) is 24.2 Å². The number of hydrogen-bond donors (Lipinski definition) is 1. The molecule has 1 N–H and O–H groups in total. The first-order valence-corrected chi connectivity index (χ1v) is 5.04. The maximum atomic E-state index is 9.67. The van der Waals surface area contributed by atoms with Gasteiger partial charge in [0.1, 0.15) is 0 Å². The zero-order valence-corrected chi connectivity index (χ0v) is 6.87. The molecule has 62 valence electrons. The molecule has 0 radical (unpaired) electrons. The third-order valence-electron chi connectivity index (χ3n) is 4.39. The molecule has 1 heteroatoms. The Kier molecular flexibility index (Phi) is 1.18. The highest BCUT2D eigenvalue weighted by atomic mass is 16.3. The fourth-order valence-electron chi connectivity index (χ4n) is 4.03. The van der Waals surface area contributed by atoms with Gasteiger partial charge in [-0.3, -0.25) is 0 Å². The highest BCUT2D eigenvalue weighted by Gasteiger charge is 2.53. The second kappa shape index (κ2) is 2.01. The highest BCUT2D eigenvalue weighted by molar-refractivity contribution is 5.02. The van der Waals surface area contributed by atoms with Crippen molar-refractivity contribution in [3.05, 3.63) is 0 Å². The molecule has 3 saturated carbocycles. The molecule has 5 atom stereocenters. The fourth-order valence-corrected chi connectivity index (χ4v) is 4.03. The summed E-state index contributed by atoms with van der Waals surface area (Å²) in [6, 6.07) is 0. The van der Waals surface area contributed by atoms with Crippen LogP contribution in [0.2, 0.25) is 0 Å². The molecule has 3 rings (SSSR count). The van der Waals surface area contributed by atoms with Crippen molar-refractivity contribution in [2.75, 3.05) is 0 Å². The van der Waals surface area contributed by atoms with Gasteiger partial charge in [-0.05, 0) is 49.4 Å². The molecule has 0 aliphatic heterocycles. The molecular weight excluding hydrogens is 136 g/mol. The van der Waals surface area contributed by atoms with Crippen LogP contribution in [0.1, 0.15) is 32.1 Å². The van der Waals surface area contributed by atoms with Gasteiger partial charge in [0.05, 0.1) is 6.10 Å². The second-order valence-electron chi connectivity index (χ2n) is 4.72. The van der Waals surface area contributed by atoms with E-state index in [0.29, 0.717) is 5.92 Å². The summed E-state index contributed by atoms with van der Waals surface area (Å²) >= 11 is 0. The number of hydrogen-bond acceptors (Lipinski definition) is 1. The summed E-state index contributed by atoms with van der Waals surface area (Å²) in [6.45, 7) is 0. The molecule has 3 aliphatic carbocycles. The third-order valence-corrected chi connectivity index (χ3v) is 4.39. The van der Waals surface area contributed by atoms with Gasteiger partial charge in [-0.1, -0.05) is 6.42 Å². The molecule has 0 aromatic carbocycles. The van der Waals surface area contributed by atoms with Gasteiger partial charge in [0.25, 0.3) is 0 Å². The van der Waals surface area contributed by atoms with Crippen LogP contribution in [0.5, 0.6) is 0 Å². The first-order chi connectivity index (χ1) is 5.36. The van der Waals surface area contributed by atoms with Gasteiger partial charge in [0, 0.05) is 0 Å². The van der Waals surface area contributed by atoms with E-state index < -0.39 is 0 Å². The zero-order chi connectivity index (χ0) is 7.42. The minimum atomic E-state index is 0.0827. The lowest BCUT2D eigenvalue weighted by Crippen LogP contribution is -2.27. The minimum Gasteiger partial charge on any atom is -0.393 e. The zero-order valence-electron chi connectivity index (χ0n) is 6.87. The molecule has 0 aromatic rings. The van der Waals surface area contributed by atoms with E-state index in [1.165, 1.54) is 25.7 Å². The van der Waals surface area contributed by atoms with Crippen molar-refractivity contribution in [2.24, 2.45) is 23.7 Å². The fraction of sp³-hybridized carbons (Fsp3) is 1.00. The molecule has 0 spiro atoms. The van der Waals surface area contributed by atoms with Crippen molar-refractivity contribution in [2.45, 2.75) is 38.2 Å². The van der Waals surface area contributed by atoms with Crippen LogP contribution in [-0.2, 0) is 0 Å². The van der Waals surface area contributed by atoms with Crippen molar-refractivity contribution in [1.82, 2.24) is 0 Å². The lowest BCUT2D eigenvalue weighted by atomic mass is 9.80. The Morgan fingerprint density at radius 1 is 0.909 bits per heavy atom. The Morgan fingerprint density at radius 2 is 1.73 bits per heavy atom. The van der Waals surface area contributed by atoms with E-state index in [2.05, 4.69) is 0 Å². The maximum Gasteiger partial charge on any atom is 0.0574 e. The molecule has 0 aromatic heterocycles. The summed E-state index contributed by atoms with van der Waals surface area (Å²) in [7, 11) is 0. The topological polar surface area (TPSA) is 20.2 Å². The third kappa shape index (κ3) is 0.703. The molecule has 0 saturated heterocycles. The quantitative estimate of drug-likeness (QED) is 0.561. The van der Waals surface area contributed by atoms with Crippen LogP contribution in [0.25, 0.3) is 0 Å². The molecule has 2 bridgehead atoms. The van der Waals surface area contributed by atoms with E-state index in [1.54, 1.807) is 0 Å². The average Bonchev–Trinajstić information content (AvgIpc) is 2.52. The SMILES string of the molecule is O[C@H]1CC2CC1[C@@H]1CCC[C@H]21. The Balaban J connectivity index is 1.90. The first-order valence-electron chi connectivity index (χ1n) is 5.04. The van der Waals surface area contributed by atoms with Gasteiger partial charge in [0.15, 0.2) is 0 Å². The predicted octanol–water partition coefficient (Wildman–Crippen LogP) is 1.80. The van der Waals surface area contributed by atoms with Gasteiger partial charge < -0.3 is 5.11 Å². The van der Waals surface area contributed by atoms with Crippen molar-refractivity contribution in [1.29, 1.82) is 0 Å². The molecule has 2 unspecified atom stereocenters.